The number of rotatable bonds is 6. The predicted molar refractivity (Wildman–Crippen MR) is 105 cm³/mol. The Labute approximate surface area is 167 Å². The zero-order chi connectivity index (χ0) is 20.8. The summed E-state index contributed by atoms with van der Waals surface area (Å²) in [6.45, 7) is 0.742. The van der Waals surface area contributed by atoms with Gasteiger partial charge in [0.15, 0.2) is 12.4 Å². The molecule has 0 aliphatic carbocycles. The number of esters is 1. The van der Waals surface area contributed by atoms with E-state index in [0.29, 0.717) is 22.7 Å². The van der Waals surface area contributed by atoms with Crippen molar-refractivity contribution >= 4 is 34.9 Å². The fourth-order valence-electron chi connectivity index (χ4n) is 2.90. The van der Waals surface area contributed by atoms with E-state index in [4.69, 9.17) is 9.47 Å². The van der Waals surface area contributed by atoms with Gasteiger partial charge in [-0.25, -0.2) is 0 Å². The molecule has 0 saturated heterocycles. The first-order valence-electron chi connectivity index (χ1n) is 9.03. The van der Waals surface area contributed by atoms with Crippen LogP contribution in [0.2, 0.25) is 0 Å². The van der Waals surface area contributed by atoms with Crippen molar-refractivity contribution in [3.05, 3.63) is 54.1 Å². The zero-order valence-corrected chi connectivity index (χ0v) is 15.8. The molecule has 29 heavy (non-hydrogen) atoms. The standard InChI is InChI=1S/C21H20N2O6/c1-14(24)15-6-2-3-7-16(15)22-19(25)13-29-21(27)12-23-17-8-4-5-9-18(17)28-11-10-20(23)26/h2-9H,10-13H2,1H3,(H,22,25). The number of anilines is 2. The molecule has 3 rings (SSSR count). The van der Waals surface area contributed by atoms with E-state index >= 15 is 0 Å². The number of nitrogens with one attached hydrogen (secondary N) is 1. The van der Waals surface area contributed by atoms with Gasteiger partial charge in [0.1, 0.15) is 12.3 Å². The molecule has 0 radical (unpaired) electrons. The van der Waals surface area contributed by atoms with Crippen molar-refractivity contribution in [3.63, 3.8) is 0 Å². The van der Waals surface area contributed by atoms with Crippen molar-refractivity contribution in [2.45, 2.75) is 13.3 Å². The summed E-state index contributed by atoms with van der Waals surface area (Å²) in [6.07, 6.45) is 0.129. The predicted octanol–water partition coefficient (Wildman–Crippen LogP) is 2.19. The molecule has 2 aromatic carbocycles. The van der Waals surface area contributed by atoms with E-state index in [1.807, 2.05) is 0 Å². The third-order valence-corrected chi connectivity index (χ3v) is 4.26. The summed E-state index contributed by atoms with van der Waals surface area (Å²) in [5, 5.41) is 2.55. The second-order valence-corrected chi connectivity index (χ2v) is 6.36. The SMILES string of the molecule is CC(=O)c1ccccc1NC(=O)COC(=O)CN1C(=O)CCOc2ccccc21. The Morgan fingerprint density at radius 2 is 1.83 bits per heavy atom. The Kier molecular flexibility index (Phi) is 6.23. The summed E-state index contributed by atoms with van der Waals surface area (Å²) >= 11 is 0. The number of carbonyl (C=O) groups excluding carboxylic acids is 4. The molecule has 2 aromatic rings. The molecule has 0 unspecified atom stereocenters. The lowest BCUT2D eigenvalue weighted by atomic mass is 10.1. The monoisotopic (exact) mass is 396 g/mol. The van der Waals surface area contributed by atoms with Gasteiger partial charge in [-0.1, -0.05) is 24.3 Å². The zero-order valence-electron chi connectivity index (χ0n) is 15.8. The van der Waals surface area contributed by atoms with Crippen molar-refractivity contribution in [1.82, 2.24) is 0 Å². The Balaban J connectivity index is 1.59. The first kappa shape index (κ1) is 20.1. The number of carbonyl (C=O) groups is 4. The molecule has 1 aliphatic heterocycles. The molecule has 0 spiro atoms. The molecule has 0 aromatic heterocycles. The average Bonchev–Trinajstić information content (AvgIpc) is 2.86. The molecular formula is C21H20N2O6. The van der Waals surface area contributed by atoms with Crippen LogP contribution in [0.5, 0.6) is 5.75 Å². The van der Waals surface area contributed by atoms with Gasteiger partial charge in [-0.15, -0.1) is 0 Å². The lowest BCUT2D eigenvalue weighted by Gasteiger charge is -2.20. The third kappa shape index (κ3) is 4.98. The van der Waals surface area contributed by atoms with Crippen LogP contribution in [0.4, 0.5) is 11.4 Å². The summed E-state index contributed by atoms with van der Waals surface area (Å²) in [4.78, 5) is 49.5. The minimum Gasteiger partial charge on any atom is -0.491 e. The highest BCUT2D eigenvalue weighted by Gasteiger charge is 2.25. The first-order chi connectivity index (χ1) is 14.0. The Morgan fingerprint density at radius 3 is 2.62 bits per heavy atom. The highest BCUT2D eigenvalue weighted by Crippen LogP contribution is 2.30. The Morgan fingerprint density at radius 1 is 1.10 bits per heavy atom. The van der Waals surface area contributed by atoms with Gasteiger partial charge in [0.25, 0.3) is 5.91 Å². The second kappa shape index (κ2) is 9.01. The van der Waals surface area contributed by atoms with Crippen LogP contribution in [0.3, 0.4) is 0 Å². The lowest BCUT2D eigenvalue weighted by molar-refractivity contribution is -0.146. The molecule has 0 atom stereocenters. The van der Waals surface area contributed by atoms with Crippen LogP contribution in [-0.4, -0.2) is 43.3 Å². The first-order valence-corrected chi connectivity index (χ1v) is 9.03. The van der Waals surface area contributed by atoms with Gasteiger partial charge in [-0.05, 0) is 31.2 Å². The van der Waals surface area contributed by atoms with Crippen LogP contribution >= 0.6 is 0 Å². The maximum Gasteiger partial charge on any atom is 0.326 e. The van der Waals surface area contributed by atoms with E-state index in [1.54, 1.807) is 48.5 Å². The number of para-hydroxylation sites is 3. The minimum atomic E-state index is -0.731. The molecule has 1 heterocycles. The number of ketones is 1. The molecular weight excluding hydrogens is 376 g/mol. The summed E-state index contributed by atoms with van der Waals surface area (Å²) in [5.41, 5.74) is 1.18. The molecule has 2 amide bonds. The van der Waals surface area contributed by atoms with Crippen LogP contribution in [0.25, 0.3) is 0 Å². The van der Waals surface area contributed by atoms with Crippen LogP contribution in [0, 0.1) is 0 Å². The Bertz CT molecular complexity index is 956. The van der Waals surface area contributed by atoms with Crippen molar-refractivity contribution < 1.29 is 28.7 Å². The smallest absolute Gasteiger partial charge is 0.326 e. The maximum absolute atomic E-state index is 12.3. The third-order valence-electron chi connectivity index (χ3n) is 4.26. The van der Waals surface area contributed by atoms with Gasteiger partial charge in [0.05, 0.1) is 24.4 Å². The van der Waals surface area contributed by atoms with Crippen molar-refractivity contribution in [1.29, 1.82) is 0 Å². The average molecular weight is 396 g/mol. The van der Waals surface area contributed by atoms with E-state index < -0.39 is 18.5 Å². The van der Waals surface area contributed by atoms with Gasteiger partial charge in [0, 0.05) is 5.56 Å². The number of amides is 2. The normalized spacial score (nSPS) is 13.0. The highest BCUT2D eigenvalue weighted by molar-refractivity contribution is 6.04. The summed E-state index contributed by atoms with van der Waals surface area (Å²) in [7, 11) is 0. The van der Waals surface area contributed by atoms with E-state index in [2.05, 4.69) is 5.32 Å². The summed E-state index contributed by atoms with van der Waals surface area (Å²) < 4.78 is 10.5. The van der Waals surface area contributed by atoms with Crippen molar-refractivity contribution in [3.8, 4) is 5.75 Å². The minimum absolute atomic E-state index is 0.129. The molecule has 8 heteroatoms. The molecule has 1 N–H and O–H groups in total. The van der Waals surface area contributed by atoms with Gasteiger partial charge in [-0.3, -0.25) is 24.1 Å². The van der Waals surface area contributed by atoms with Crippen molar-refractivity contribution in [2.24, 2.45) is 0 Å². The maximum atomic E-state index is 12.3. The van der Waals surface area contributed by atoms with Gasteiger partial charge >= 0.3 is 5.97 Å². The van der Waals surface area contributed by atoms with Gasteiger partial charge in [-0.2, -0.15) is 0 Å². The number of hydrogen-bond acceptors (Lipinski definition) is 6. The highest BCUT2D eigenvalue weighted by atomic mass is 16.5. The fraction of sp³-hybridized carbons (Fsp3) is 0.238. The van der Waals surface area contributed by atoms with Crippen LogP contribution in [0.15, 0.2) is 48.5 Å². The molecule has 0 saturated carbocycles. The van der Waals surface area contributed by atoms with E-state index in [-0.39, 0.29) is 31.3 Å². The van der Waals surface area contributed by atoms with E-state index in [1.165, 1.54) is 11.8 Å². The quantitative estimate of drug-likeness (QED) is 0.593. The van der Waals surface area contributed by atoms with E-state index in [9.17, 15) is 19.2 Å². The number of hydrogen-bond donors (Lipinski definition) is 1. The van der Waals surface area contributed by atoms with Crippen LogP contribution in [-0.2, 0) is 19.1 Å². The molecule has 8 nitrogen and oxygen atoms in total. The van der Waals surface area contributed by atoms with Crippen LogP contribution < -0.4 is 15.0 Å². The number of benzene rings is 2. The largest absolute Gasteiger partial charge is 0.491 e. The topological polar surface area (TPSA) is 102 Å². The van der Waals surface area contributed by atoms with Crippen LogP contribution in [0.1, 0.15) is 23.7 Å². The molecule has 150 valence electrons. The van der Waals surface area contributed by atoms with Gasteiger partial charge in [0.2, 0.25) is 5.91 Å². The number of ether oxygens (including phenoxy) is 2. The molecule has 1 aliphatic rings. The number of fused-ring (bicyclic) bond motifs is 1. The van der Waals surface area contributed by atoms with E-state index in [0.717, 1.165) is 0 Å². The molecule has 0 fully saturated rings. The van der Waals surface area contributed by atoms with Gasteiger partial charge < -0.3 is 14.8 Å². The lowest BCUT2D eigenvalue weighted by Crippen LogP contribution is -2.37. The van der Waals surface area contributed by atoms with Crippen molar-refractivity contribution in [2.75, 3.05) is 30.0 Å². The number of nitrogens with zero attached hydrogens (tertiary/aromatic N) is 1. The Hall–Kier alpha value is -3.68. The fourth-order valence-corrected chi connectivity index (χ4v) is 2.90. The summed E-state index contributed by atoms with van der Waals surface area (Å²) in [6, 6.07) is 13.4. The summed E-state index contributed by atoms with van der Waals surface area (Å²) in [5.74, 6) is -1.28. The number of Topliss-reactive ketones (excluding diaryl/α,β-unsaturated/α-hetero) is 1. The second-order valence-electron chi connectivity index (χ2n) is 6.36. The molecule has 0 bridgehead atoms.